The molecule has 7 nitrogen and oxygen atoms in total. The van der Waals surface area contributed by atoms with E-state index >= 15 is 0 Å². The van der Waals surface area contributed by atoms with Gasteiger partial charge in [0.25, 0.3) is 0 Å². The van der Waals surface area contributed by atoms with Crippen molar-refractivity contribution in [2.24, 2.45) is 10.8 Å². The van der Waals surface area contributed by atoms with Gasteiger partial charge in [-0.1, -0.05) is 34.6 Å². The summed E-state index contributed by atoms with van der Waals surface area (Å²) < 4.78 is 20.3. The molecule has 0 saturated heterocycles. The zero-order valence-electron chi connectivity index (χ0n) is 16.2. The molecule has 0 aliphatic rings. The van der Waals surface area contributed by atoms with Crippen molar-refractivity contribution < 1.29 is 33.2 Å². The van der Waals surface area contributed by atoms with Crippen molar-refractivity contribution in [3.8, 4) is 0 Å². The van der Waals surface area contributed by atoms with E-state index in [2.05, 4.69) is 25.3 Å². The van der Waals surface area contributed by atoms with Crippen molar-refractivity contribution >= 4 is 19.4 Å². The average molecular weight is 380 g/mol. The van der Waals surface area contributed by atoms with Crippen molar-refractivity contribution in [2.45, 2.75) is 72.8 Å². The normalized spacial score (nSPS) is 16.3. The van der Waals surface area contributed by atoms with E-state index in [4.69, 9.17) is 4.52 Å². The van der Waals surface area contributed by atoms with Crippen LogP contribution in [0.4, 0.5) is 0 Å². The Morgan fingerprint density at radius 1 is 1.08 bits per heavy atom. The quantitative estimate of drug-likeness (QED) is 0.500. The molecule has 0 rings (SSSR count). The molecule has 2 atom stereocenters. The van der Waals surface area contributed by atoms with E-state index < -0.39 is 25.1 Å². The Morgan fingerprint density at radius 2 is 1.64 bits per heavy atom. The Labute approximate surface area is 150 Å². The summed E-state index contributed by atoms with van der Waals surface area (Å²) in [7, 11) is -3.13. The minimum Gasteiger partial charge on any atom is -0.385 e. The smallest absolute Gasteiger partial charge is 0.385 e. The minimum absolute atomic E-state index is 0.0763. The van der Waals surface area contributed by atoms with E-state index in [9.17, 15) is 24.2 Å². The fourth-order valence-electron chi connectivity index (χ4n) is 2.05. The van der Waals surface area contributed by atoms with Gasteiger partial charge in [-0.25, -0.2) is 4.57 Å². The average Bonchev–Trinajstić information content (AvgIpc) is 2.49. The second kappa shape index (κ2) is 9.93. The Balaban J connectivity index is 4.32. The van der Waals surface area contributed by atoms with E-state index in [1.807, 2.05) is 0 Å². The summed E-state index contributed by atoms with van der Waals surface area (Å²) in [6.45, 7) is 9.00. The van der Waals surface area contributed by atoms with Gasteiger partial charge in [0.2, 0.25) is 0 Å². The van der Waals surface area contributed by atoms with Gasteiger partial charge in [-0.3, -0.25) is 18.6 Å². The first kappa shape index (κ1) is 24.4. The Kier molecular flexibility index (Phi) is 9.69. The molecule has 0 spiro atoms. The molecule has 0 aliphatic carbocycles. The number of ketones is 2. The Bertz CT molecular complexity index is 494. The molecule has 2 unspecified atom stereocenters. The van der Waals surface area contributed by atoms with E-state index in [0.29, 0.717) is 19.3 Å². The van der Waals surface area contributed by atoms with Gasteiger partial charge in [0.1, 0.15) is 11.9 Å². The zero-order chi connectivity index (χ0) is 19.9. The molecule has 0 amide bonds. The molecule has 0 aromatic heterocycles. The summed E-state index contributed by atoms with van der Waals surface area (Å²) in [6, 6.07) is 0. The summed E-state index contributed by atoms with van der Waals surface area (Å²) in [5.41, 5.74) is -0.954. The molecule has 2 N–H and O–H groups in total. The number of Topliss-reactive ketones (excluding diaryl/α,β-unsaturated/α-hetero) is 2. The number of rotatable bonds is 12. The number of phosphoric ester groups is 1. The molecular formula is C17H33O7P. The molecule has 0 aromatic carbocycles. The molecule has 25 heavy (non-hydrogen) atoms. The lowest BCUT2D eigenvalue weighted by Gasteiger charge is -2.29. The fourth-order valence-corrected chi connectivity index (χ4v) is 2.65. The van der Waals surface area contributed by atoms with Gasteiger partial charge < -0.3 is 10.00 Å². The van der Waals surface area contributed by atoms with Gasteiger partial charge in [0.15, 0.2) is 5.78 Å². The van der Waals surface area contributed by atoms with E-state index in [-0.39, 0.29) is 24.2 Å². The van der Waals surface area contributed by atoms with Crippen molar-refractivity contribution in [2.75, 3.05) is 13.7 Å². The molecular weight excluding hydrogens is 347 g/mol. The van der Waals surface area contributed by atoms with Crippen LogP contribution in [0.1, 0.15) is 66.7 Å². The lowest BCUT2D eigenvalue weighted by atomic mass is 9.83. The third kappa shape index (κ3) is 10.9. The zero-order valence-corrected chi connectivity index (χ0v) is 17.1. The third-order valence-corrected chi connectivity index (χ3v) is 4.83. The molecule has 0 aromatic rings. The van der Waals surface area contributed by atoms with E-state index in [1.165, 1.54) is 0 Å². The second-order valence-corrected chi connectivity index (χ2v) is 9.80. The summed E-state index contributed by atoms with van der Waals surface area (Å²) in [5, 5.41) is 10.2. The molecule has 0 saturated carbocycles. The summed E-state index contributed by atoms with van der Waals surface area (Å²) in [4.78, 5) is 33.1. The van der Waals surface area contributed by atoms with Gasteiger partial charge in [-0.2, -0.15) is 0 Å². The van der Waals surface area contributed by atoms with Gasteiger partial charge in [-0.05, 0) is 18.3 Å². The molecule has 0 bridgehead atoms. The van der Waals surface area contributed by atoms with Crippen LogP contribution in [0.2, 0.25) is 0 Å². The topological polar surface area (TPSA) is 110 Å². The number of carbonyl (C=O) groups excluding carboxylic acids is 2. The first-order chi connectivity index (χ1) is 11.2. The SMILES string of the molecule is COP(=O)(O)OCC(C)(C)C(O)C(=O)CCCC(=O)CCC(C)(C)C. The maximum Gasteiger partial charge on any atom is 0.471 e. The monoisotopic (exact) mass is 380 g/mol. The highest BCUT2D eigenvalue weighted by Crippen LogP contribution is 2.44. The van der Waals surface area contributed by atoms with Crippen molar-refractivity contribution in [1.82, 2.24) is 0 Å². The van der Waals surface area contributed by atoms with Crippen LogP contribution in [0.15, 0.2) is 0 Å². The van der Waals surface area contributed by atoms with Crippen molar-refractivity contribution in [3.63, 3.8) is 0 Å². The number of carbonyl (C=O) groups is 2. The predicted molar refractivity (Wildman–Crippen MR) is 95.1 cm³/mol. The molecule has 0 aliphatic heterocycles. The third-order valence-electron chi connectivity index (χ3n) is 3.91. The van der Waals surface area contributed by atoms with Crippen LogP contribution in [0.3, 0.4) is 0 Å². The van der Waals surface area contributed by atoms with Crippen LogP contribution >= 0.6 is 7.82 Å². The molecule has 8 heteroatoms. The summed E-state index contributed by atoms with van der Waals surface area (Å²) >= 11 is 0. The number of phosphoric acid groups is 1. The van der Waals surface area contributed by atoms with Crippen LogP contribution in [0, 0.1) is 10.8 Å². The largest absolute Gasteiger partial charge is 0.471 e. The van der Waals surface area contributed by atoms with Crippen LogP contribution in [0.25, 0.3) is 0 Å². The maximum absolute atomic E-state index is 12.1. The van der Waals surface area contributed by atoms with Crippen molar-refractivity contribution in [1.29, 1.82) is 0 Å². The Morgan fingerprint density at radius 3 is 2.12 bits per heavy atom. The Hall–Kier alpha value is -0.590. The lowest BCUT2D eigenvalue weighted by Crippen LogP contribution is -2.39. The molecule has 0 radical (unpaired) electrons. The van der Waals surface area contributed by atoms with Crippen molar-refractivity contribution in [3.05, 3.63) is 0 Å². The predicted octanol–water partition coefficient (Wildman–Crippen LogP) is 3.27. The van der Waals surface area contributed by atoms with Gasteiger partial charge in [0, 0.05) is 31.8 Å². The number of aliphatic hydroxyl groups is 1. The summed E-state index contributed by atoms with van der Waals surface area (Å²) in [5.74, 6) is -0.302. The molecule has 0 fully saturated rings. The van der Waals surface area contributed by atoms with Crippen LogP contribution in [-0.2, 0) is 23.2 Å². The second-order valence-electron chi connectivity index (χ2n) is 8.23. The van der Waals surface area contributed by atoms with Crippen LogP contribution in [-0.4, -0.2) is 41.4 Å². The summed E-state index contributed by atoms with van der Waals surface area (Å²) in [6.07, 6.45) is 0.699. The first-order valence-corrected chi connectivity index (χ1v) is 9.95. The standard InChI is InChI=1S/C17H33O7P/c1-16(2,3)11-10-13(18)8-7-9-14(19)15(20)17(4,5)12-24-25(21,22)23-6/h15,20H,7-12H2,1-6H3,(H,21,22). The number of hydrogen-bond acceptors (Lipinski definition) is 6. The molecule has 0 heterocycles. The van der Waals surface area contributed by atoms with Gasteiger partial charge in [-0.15, -0.1) is 0 Å². The lowest BCUT2D eigenvalue weighted by molar-refractivity contribution is -0.134. The van der Waals surface area contributed by atoms with E-state index in [0.717, 1.165) is 13.5 Å². The van der Waals surface area contributed by atoms with Crippen LogP contribution < -0.4 is 0 Å². The highest BCUT2D eigenvalue weighted by Gasteiger charge is 2.36. The number of hydrogen-bond donors (Lipinski definition) is 2. The first-order valence-electron chi connectivity index (χ1n) is 8.46. The van der Waals surface area contributed by atoms with E-state index in [1.54, 1.807) is 13.8 Å². The molecule has 148 valence electrons. The fraction of sp³-hybridized carbons (Fsp3) is 0.882. The van der Waals surface area contributed by atoms with Crippen LogP contribution in [0.5, 0.6) is 0 Å². The van der Waals surface area contributed by atoms with Gasteiger partial charge in [0.05, 0.1) is 6.61 Å². The number of aliphatic hydroxyl groups excluding tert-OH is 1. The maximum atomic E-state index is 12.1. The minimum atomic E-state index is -4.16. The highest BCUT2D eigenvalue weighted by molar-refractivity contribution is 7.47. The highest BCUT2D eigenvalue weighted by atomic mass is 31.2. The van der Waals surface area contributed by atoms with Gasteiger partial charge >= 0.3 is 7.82 Å².